The summed E-state index contributed by atoms with van der Waals surface area (Å²) >= 11 is 0. The number of nitrogens with zero attached hydrogens (tertiary/aromatic N) is 1. The third-order valence-corrected chi connectivity index (χ3v) is 4.95. The van der Waals surface area contributed by atoms with Crippen molar-refractivity contribution in [3.63, 3.8) is 0 Å². The molecule has 0 aromatic heterocycles. The van der Waals surface area contributed by atoms with Crippen molar-refractivity contribution >= 4 is 11.8 Å². The number of hydrogen-bond donors (Lipinski definition) is 1. The molecule has 0 radical (unpaired) electrons. The van der Waals surface area contributed by atoms with Crippen LogP contribution in [0.4, 0.5) is 0 Å². The molecule has 1 saturated carbocycles. The summed E-state index contributed by atoms with van der Waals surface area (Å²) in [5.74, 6) is 0.906. The maximum absolute atomic E-state index is 12.7. The number of hydrogen-bond acceptors (Lipinski definition) is 2. The van der Waals surface area contributed by atoms with Crippen molar-refractivity contribution in [3.05, 3.63) is 0 Å². The zero-order valence-corrected chi connectivity index (χ0v) is 13.4. The highest BCUT2D eigenvalue weighted by atomic mass is 16.2. The first kappa shape index (κ1) is 15.3. The van der Waals surface area contributed by atoms with Crippen molar-refractivity contribution < 1.29 is 9.59 Å². The Balaban J connectivity index is 2.16. The zero-order valence-electron chi connectivity index (χ0n) is 13.4. The van der Waals surface area contributed by atoms with E-state index in [9.17, 15) is 9.59 Å². The SMILES string of the molecule is CCC1C(=O)NC(C2CC2)C(=O)N1CC(C)C(C)(C)C. The van der Waals surface area contributed by atoms with Gasteiger partial charge in [-0.15, -0.1) is 0 Å². The van der Waals surface area contributed by atoms with E-state index in [1.165, 1.54) is 0 Å². The van der Waals surface area contributed by atoms with Crippen molar-refractivity contribution in [2.45, 2.75) is 66.0 Å². The van der Waals surface area contributed by atoms with Crippen LogP contribution in [0.5, 0.6) is 0 Å². The monoisotopic (exact) mass is 280 g/mol. The van der Waals surface area contributed by atoms with E-state index >= 15 is 0 Å². The van der Waals surface area contributed by atoms with Crippen molar-refractivity contribution in [2.24, 2.45) is 17.3 Å². The first-order valence-electron chi connectivity index (χ1n) is 7.86. The molecule has 114 valence electrons. The molecular weight excluding hydrogens is 252 g/mol. The standard InChI is InChI=1S/C16H28N2O2/c1-6-12-14(19)17-13(11-7-8-11)15(20)18(12)9-10(2)16(3,4)5/h10-13H,6-9H2,1-5H3,(H,17,19). The highest BCUT2D eigenvalue weighted by Gasteiger charge is 2.46. The normalized spacial score (nSPS) is 29.4. The van der Waals surface area contributed by atoms with E-state index in [2.05, 4.69) is 33.0 Å². The number of carbonyl (C=O) groups excluding carboxylic acids is 2. The second kappa shape index (κ2) is 5.38. The van der Waals surface area contributed by atoms with E-state index < -0.39 is 0 Å². The Morgan fingerprint density at radius 3 is 2.35 bits per heavy atom. The molecule has 1 aliphatic carbocycles. The largest absolute Gasteiger partial charge is 0.342 e. The summed E-state index contributed by atoms with van der Waals surface area (Å²) in [6.07, 6.45) is 2.82. The van der Waals surface area contributed by atoms with Gasteiger partial charge in [-0.1, -0.05) is 34.6 Å². The number of carbonyl (C=O) groups is 2. The molecule has 1 saturated heterocycles. The van der Waals surface area contributed by atoms with Gasteiger partial charge in [-0.3, -0.25) is 9.59 Å². The lowest BCUT2D eigenvalue weighted by atomic mass is 9.81. The van der Waals surface area contributed by atoms with Gasteiger partial charge in [0.1, 0.15) is 12.1 Å². The Labute approximate surface area is 122 Å². The topological polar surface area (TPSA) is 49.4 Å². The number of piperazine rings is 1. The highest BCUT2D eigenvalue weighted by Crippen LogP contribution is 2.36. The van der Waals surface area contributed by atoms with Crippen LogP contribution in [0.25, 0.3) is 0 Å². The summed E-state index contributed by atoms with van der Waals surface area (Å²) in [6.45, 7) is 11.4. The van der Waals surface area contributed by atoms with Gasteiger partial charge in [-0.25, -0.2) is 0 Å². The van der Waals surface area contributed by atoms with Crippen LogP contribution in [-0.4, -0.2) is 35.3 Å². The van der Waals surface area contributed by atoms with Crippen LogP contribution >= 0.6 is 0 Å². The summed E-state index contributed by atoms with van der Waals surface area (Å²) in [5.41, 5.74) is 0.140. The van der Waals surface area contributed by atoms with Gasteiger partial charge in [0.05, 0.1) is 0 Å². The first-order valence-corrected chi connectivity index (χ1v) is 7.86. The first-order chi connectivity index (χ1) is 9.25. The molecule has 1 heterocycles. The molecule has 2 rings (SSSR count). The van der Waals surface area contributed by atoms with E-state index in [1.807, 2.05) is 11.8 Å². The third-order valence-electron chi connectivity index (χ3n) is 4.95. The van der Waals surface area contributed by atoms with Crippen LogP contribution in [0, 0.1) is 17.3 Å². The lowest BCUT2D eigenvalue weighted by Crippen LogP contribution is -2.64. The second-order valence-electron chi connectivity index (χ2n) is 7.51. The minimum Gasteiger partial charge on any atom is -0.342 e. The molecular formula is C16H28N2O2. The lowest BCUT2D eigenvalue weighted by Gasteiger charge is -2.42. The van der Waals surface area contributed by atoms with Crippen LogP contribution in [0.3, 0.4) is 0 Å². The Hall–Kier alpha value is -1.06. The average molecular weight is 280 g/mol. The van der Waals surface area contributed by atoms with E-state index in [0.717, 1.165) is 12.8 Å². The Kier molecular flexibility index (Phi) is 4.12. The third kappa shape index (κ3) is 2.99. The van der Waals surface area contributed by atoms with E-state index in [1.54, 1.807) is 0 Å². The molecule has 3 atom stereocenters. The predicted octanol–water partition coefficient (Wildman–Crippen LogP) is 2.18. The highest BCUT2D eigenvalue weighted by molar-refractivity contribution is 5.97. The van der Waals surface area contributed by atoms with Gasteiger partial charge in [0, 0.05) is 6.54 Å². The number of rotatable bonds is 4. The van der Waals surface area contributed by atoms with Gasteiger partial charge >= 0.3 is 0 Å². The Morgan fingerprint density at radius 2 is 1.90 bits per heavy atom. The van der Waals surface area contributed by atoms with Crippen LogP contribution in [0.2, 0.25) is 0 Å². The maximum atomic E-state index is 12.7. The molecule has 20 heavy (non-hydrogen) atoms. The smallest absolute Gasteiger partial charge is 0.246 e. The van der Waals surface area contributed by atoms with Gasteiger partial charge in [0.15, 0.2) is 0 Å². The predicted molar refractivity (Wildman–Crippen MR) is 79.1 cm³/mol. The van der Waals surface area contributed by atoms with Crippen molar-refractivity contribution in [1.29, 1.82) is 0 Å². The molecule has 4 heteroatoms. The Bertz CT molecular complexity index is 396. The lowest BCUT2D eigenvalue weighted by molar-refractivity contribution is -0.151. The summed E-state index contributed by atoms with van der Waals surface area (Å²) in [6, 6.07) is -0.556. The molecule has 3 unspecified atom stereocenters. The quantitative estimate of drug-likeness (QED) is 0.858. The second-order valence-corrected chi connectivity index (χ2v) is 7.51. The van der Waals surface area contributed by atoms with Gasteiger partial charge in [0.25, 0.3) is 0 Å². The van der Waals surface area contributed by atoms with Crippen molar-refractivity contribution in [1.82, 2.24) is 10.2 Å². The van der Waals surface area contributed by atoms with E-state index in [0.29, 0.717) is 24.8 Å². The fraction of sp³-hybridized carbons (Fsp3) is 0.875. The molecule has 4 nitrogen and oxygen atoms in total. The summed E-state index contributed by atoms with van der Waals surface area (Å²) < 4.78 is 0. The van der Waals surface area contributed by atoms with Crippen molar-refractivity contribution in [3.8, 4) is 0 Å². The van der Waals surface area contributed by atoms with E-state index in [4.69, 9.17) is 0 Å². The number of nitrogens with one attached hydrogen (secondary N) is 1. The van der Waals surface area contributed by atoms with Crippen LogP contribution < -0.4 is 5.32 Å². The molecule has 2 fully saturated rings. The molecule has 2 aliphatic rings. The maximum Gasteiger partial charge on any atom is 0.246 e. The molecule has 2 amide bonds. The van der Waals surface area contributed by atoms with Crippen molar-refractivity contribution in [2.75, 3.05) is 6.54 Å². The molecule has 1 N–H and O–H groups in total. The molecule has 0 aromatic rings. The number of amides is 2. The zero-order chi connectivity index (χ0) is 15.1. The Morgan fingerprint density at radius 1 is 1.30 bits per heavy atom. The van der Waals surface area contributed by atoms with Gasteiger partial charge in [-0.05, 0) is 36.5 Å². The van der Waals surface area contributed by atoms with Gasteiger partial charge in [0.2, 0.25) is 11.8 Å². The minimum atomic E-state index is -0.290. The van der Waals surface area contributed by atoms with Gasteiger partial charge < -0.3 is 10.2 Å². The molecule has 0 bridgehead atoms. The van der Waals surface area contributed by atoms with Crippen LogP contribution in [0.1, 0.15) is 53.9 Å². The average Bonchev–Trinajstić information content (AvgIpc) is 3.16. The molecule has 1 aliphatic heterocycles. The summed E-state index contributed by atoms with van der Waals surface area (Å²) in [5, 5.41) is 2.94. The minimum absolute atomic E-state index is 0.0325. The van der Waals surface area contributed by atoms with Crippen LogP contribution in [-0.2, 0) is 9.59 Å². The van der Waals surface area contributed by atoms with Crippen LogP contribution in [0.15, 0.2) is 0 Å². The van der Waals surface area contributed by atoms with Gasteiger partial charge in [-0.2, -0.15) is 0 Å². The summed E-state index contributed by atoms with van der Waals surface area (Å²) in [7, 11) is 0. The summed E-state index contributed by atoms with van der Waals surface area (Å²) in [4.78, 5) is 26.8. The fourth-order valence-electron chi connectivity index (χ4n) is 2.73. The molecule has 0 aromatic carbocycles. The van der Waals surface area contributed by atoms with E-state index in [-0.39, 0.29) is 29.3 Å². The fourth-order valence-corrected chi connectivity index (χ4v) is 2.73. The molecule has 0 spiro atoms.